The highest BCUT2D eigenvalue weighted by Crippen LogP contribution is 2.25. The zero-order chi connectivity index (χ0) is 12.6. The average molecular weight is 236 g/mol. The first-order valence-corrected chi connectivity index (χ1v) is 5.63. The van der Waals surface area contributed by atoms with Gasteiger partial charge in [-0.3, -0.25) is 0 Å². The van der Waals surface area contributed by atoms with Crippen LogP contribution >= 0.6 is 0 Å². The van der Waals surface area contributed by atoms with Crippen LogP contribution in [-0.4, -0.2) is 40.4 Å². The summed E-state index contributed by atoms with van der Waals surface area (Å²) in [6.45, 7) is 4.72. The normalized spacial score (nSPS) is 19.7. The summed E-state index contributed by atoms with van der Waals surface area (Å²) in [5, 5.41) is 18.7. The molecule has 2 rings (SSSR count). The zero-order valence-corrected chi connectivity index (χ0v) is 9.97. The summed E-state index contributed by atoms with van der Waals surface area (Å²) in [6, 6.07) is 1.76. The number of aliphatic hydroxyl groups is 1. The van der Waals surface area contributed by atoms with E-state index in [1.807, 2.05) is 11.8 Å². The fourth-order valence-corrected chi connectivity index (χ4v) is 2.24. The molecule has 0 saturated carbocycles. The van der Waals surface area contributed by atoms with E-state index in [2.05, 4.69) is 4.98 Å². The van der Waals surface area contributed by atoms with Gasteiger partial charge in [-0.2, -0.15) is 0 Å². The van der Waals surface area contributed by atoms with Gasteiger partial charge < -0.3 is 15.1 Å². The maximum atomic E-state index is 11.3. The number of carboxylic acids is 1. The highest BCUT2D eigenvalue weighted by Gasteiger charge is 2.26. The number of pyridine rings is 1. The van der Waals surface area contributed by atoms with Gasteiger partial charge in [-0.15, -0.1) is 0 Å². The number of aromatic carboxylic acids is 1. The van der Waals surface area contributed by atoms with E-state index in [4.69, 9.17) is 0 Å². The van der Waals surface area contributed by atoms with Crippen molar-refractivity contribution in [1.29, 1.82) is 0 Å². The van der Waals surface area contributed by atoms with Crippen LogP contribution in [0.1, 0.15) is 28.0 Å². The summed E-state index contributed by atoms with van der Waals surface area (Å²) in [7, 11) is 0. The van der Waals surface area contributed by atoms with E-state index in [1.54, 1.807) is 13.0 Å². The van der Waals surface area contributed by atoms with E-state index in [0.717, 1.165) is 5.69 Å². The van der Waals surface area contributed by atoms with Crippen molar-refractivity contribution in [2.24, 2.45) is 0 Å². The number of anilines is 1. The summed E-state index contributed by atoms with van der Waals surface area (Å²) >= 11 is 0. The Morgan fingerprint density at radius 2 is 2.24 bits per heavy atom. The Morgan fingerprint density at radius 1 is 1.53 bits per heavy atom. The number of aliphatic hydroxyl groups excluding tert-OH is 1. The molecular formula is C12H16N2O3. The molecule has 1 aliphatic rings. The third kappa shape index (κ3) is 2.24. The highest BCUT2D eigenvalue weighted by molar-refractivity contribution is 5.95. The topological polar surface area (TPSA) is 73.7 Å². The molecule has 2 heterocycles. The molecule has 0 amide bonds. The molecule has 5 heteroatoms. The standard InChI is InChI=1S/C12H16N2O3/c1-7-5-8(2)13-11(10(7)12(16)17)14-4-3-9(15)6-14/h5,9,15H,3-4,6H2,1-2H3,(H,16,17). The number of aryl methyl sites for hydroxylation is 2. The molecule has 0 aromatic carbocycles. The second-order valence-corrected chi connectivity index (χ2v) is 4.47. The first kappa shape index (κ1) is 11.9. The smallest absolute Gasteiger partial charge is 0.339 e. The number of carbonyl (C=O) groups is 1. The molecule has 1 aromatic rings. The van der Waals surface area contributed by atoms with Crippen LogP contribution in [-0.2, 0) is 0 Å². The molecule has 1 unspecified atom stereocenters. The number of hydrogen-bond acceptors (Lipinski definition) is 4. The van der Waals surface area contributed by atoms with Gasteiger partial charge in [-0.1, -0.05) is 0 Å². The molecule has 5 nitrogen and oxygen atoms in total. The Kier molecular flexibility index (Phi) is 3.02. The van der Waals surface area contributed by atoms with Crippen molar-refractivity contribution in [2.45, 2.75) is 26.4 Å². The lowest BCUT2D eigenvalue weighted by Crippen LogP contribution is -2.25. The minimum atomic E-state index is -0.966. The molecule has 1 aromatic heterocycles. The van der Waals surface area contributed by atoms with Gasteiger partial charge in [-0.25, -0.2) is 9.78 Å². The van der Waals surface area contributed by atoms with Crippen LogP contribution < -0.4 is 4.90 Å². The number of β-amino-alcohol motifs (C(OH)–C–C–N with tert-alkyl or cyclic N) is 1. The molecule has 17 heavy (non-hydrogen) atoms. The fraction of sp³-hybridized carbons (Fsp3) is 0.500. The van der Waals surface area contributed by atoms with E-state index in [9.17, 15) is 15.0 Å². The number of aromatic nitrogens is 1. The zero-order valence-electron chi connectivity index (χ0n) is 9.97. The Labute approximate surface area is 99.7 Å². The predicted octanol–water partition coefficient (Wildman–Crippen LogP) is 0.968. The molecule has 0 radical (unpaired) electrons. The number of nitrogens with zero attached hydrogens (tertiary/aromatic N) is 2. The second kappa shape index (κ2) is 4.33. The third-order valence-corrected chi connectivity index (χ3v) is 3.00. The lowest BCUT2D eigenvalue weighted by atomic mass is 10.1. The lowest BCUT2D eigenvalue weighted by molar-refractivity contribution is 0.0696. The summed E-state index contributed by atoms with van der Waals surface area (Å²) in [5.41, 5.74) is 1.75. The molecule has 1 atom stereocenters. The van der Waals surface area contributed by atoms with E-state index in [0.29, 0.717) is 30.9 Å². The van der Waals surface area contributed by atoms with Crippen LogP contribution in [0, 0.1) is 13.8 Å². The van der Waals surface area contributed by atoms with Gasteiger partial charge in [0.2, 0.25) is 0 Å². The van der Waals surface area contributed by atoms with Gasteiger partial charge in [-0.05, 0) is 31.9 Å². The summed E-state index contributed by atoms with van der Waals surface area (Å²) in [5.74, 6) is -0.488. The van der Waals surface area contributed by atoms with E-state index in [-0.39, 0.29) is 11.7 Å². The maximum Gasteiger partial charge on any atom is 0.339 e. The summed E-state index contributed by atoms with van der Waals surface area (Å²) in [4.78, 5) is 17.4. The van der Waals surface area contributed by atoms with Crippen LogP contribution in [0.2, 0.25) is 0 Å². The van der Waals surface area contributed by atoms with Crippen molar-refractivity contribution >= 4 is 11.8 Å². The van der Waals surface area contributed by atoms with Crippen molar-refractivity contribution in [2.75, 3.05) is 18.0 Å². The van der Waals surface area contributed by atoms with Gasteiger partial charge in [0.05, 0.1) is 6.10 Å². The third-order valence-electron chi connectivity index (χ3n) is 3.00. The van der Waals surface area contributed by atoms with Crippen LogP contribution in [0.4, 0.5) is 5.82 Å². The van der Waals surface area contributed by atoms with Crippen LogP contribution in [0.15, 0.2) is 6.07 Å². The van der Waals surface area contributed by atoms with Crippen molar-refractivity contribution < 1.29 is 15.0 Å². The Hall–Kier alpha value is -1.62. The molecular weight excluding hydrogens is 220 g/mol. The first-order chi connectivity index (χ1) is 7.99. The highest BCUT2D eigenvalue weighted by atomic mass is 16.4. The molecule has 0 aliphatic carbocycles. The van der Waals surface area contributed by atoms with Gasteiger partial charge in [0.15, 0.2) is 0 Å². The minimum Gasteiger partial charge on any atom is -0.478 e. The largest absolute Gasteiger partial charge is 0.478 e. The fourth-order valence-electron chi connectivity index (χ4n) is 2.24. The van der Waals surface area contributed by atoms with Gasteiger partial charge in [0, 0.05) is 18.8 Å². The number of carboxylic acid groups (broad SMARTS) is 1. The second-order valence-electron chi connectivity index (χ2n) is 4.47. The minimum absolute atomic E-state index is 0.240. The Bertz CT molecular complexity index is 459. The van der Waals surface area contributed by atoms with Gasteiger partial charge >= 0.3 is 5.97 Å². The van der Waals surface area contributed by atoms with E-state index in [1.165, 1.54) is 0 Å². The lowest BCUT2D eigenvalue weighted by Gasteiger charge is -2.20. The first-order valence-electron chi connectivity index (χ1n) is 5.63. The Balaban J connectivity index is 2.47. The molecule has 1 fully saturated rings. The van der Waals surface area contributed by atoms with Gasteiger partial charge in [0.1, 0.15) is 11.4 Å². The maximum absolute atomic E-state index is 11.3. The molecule has 1 saturated heterocycles. The molecule has 2 N–H and O–H groups in total. The van der Waals surface area contributed by atoms with E-state index < -0.39 is 5.97 Å². The van der Waals surface area contributed by atoms with Crippen molar-refractivity contribution in [3.63, 3.8) is 0 Å². The van der Waals surface area contributed by atoms with Crippen LogP contribution in [0.5, 0.6) is 0 Å². The van der Waals surface area contributed by atoms with Crippen molar-refractivity contribution in [1.82, 2.24) is 4.98 Å². The summed E-state index contributed by atoms with van der Waals surface area (Å²) in [6.07, 6.45) is 0.271. The number of rotatable bonds is 2. The van der Waals surface area contributed by atoms with E-state index >= 15 is 0 Å². The Morgan fingerprint density at radius 3 is 2.76 bits per heavy atom. The predicted molar refractivity (Wildman–Crippen MR) is 63.5 cm³/mol. The molecule has 0 spiro atoms. The van der Waals surface area contributed by atoms with Crippen LogP contribution in [0.3, 0.4) is 0 Å². The van der Waals surface area contributed by atoms with Gasteiger partial charge in [0.25, 0.3) is 0 Å². The van der Waals surface area contributed by atoms with Crippen molar-refractivity contribution in [3.8, 4) is 0 Å². The monoisotopic (exact) mass is 236 g/mol. The molecule has 0 bridgehead atoms. The van der Waals surface area contributed by atoms with Crippen LogP contribution in [0.25, 0.3) is 0 Å². The molecule has 92 valence electrons. The quantitative estimate of drug-likeness (QED) is 0.800. The SMILES string of the molecule is Cc1cc(C)c(C(=O)O)c(N2CCC(O)C2)n1. The molecule has 1 aliphatic heterocycles. The number of hydrogen-bond donors (Lipinski definition) is 2. The summed E-state index contributed by atoms with van der Waals surface area (Å²) < 4.78 is 0. The van der Waals surface area contributed by atoms with Crippen molar-refractivity contribution in [3.05, 3.63) is 22.9 Å². The average Bonchev–Trinajstić information content (AvgIpc) is 2.62.